The summed E-state index contributed by atoms with van der Waals surface area (Å²) in [6, 6.07) is 13.3. The fourth-order valence-electron chi connectivity index (χ4n) is 4.73. The summed E-state index contributed by atoms with van der Waals surface area (Å²) in [6.45, 7) is 3.62. The summed E-state index contributed by atoms with van der Waals surface area (Å²) in [6.07, 6.45) is 4.87. The lowest BCUT2D eigenvalue weighted by Gasteiger charge is -2.38. The number of ether oxygens (including phenoxy) is 2. The van der Waals surface area contributed by atoms with E-state index < -0.39 is 5.91 Å². The summed E-state index contributed by atoms with van der Waals surface area (Å²) in [5.41, 5.74) is 7.63. The maximum atomic E-state index is 12.2. The van der Waals surface area contributed by atoms with Crippen LogP contribution in [0.3, 0.4) is 0 Å². The summed E-state index contributed by atoms with van der Waals surface area (Å²) in [5.74, 6) is 0.790. The smallest absolute Gasteiger partial charge is 0.248 e. The van der Waals surface area contributed by atoms with Crippen molar-refractivity contribution in [2.24, 2.45) is 5.73 Å². The molecule has 2 saturated heterocycles. The molecule has 2 aliphatic rings. The van der Waals surface area contributed by atoms with Crippen LogP contribution < -0.4 is 15.2 Å². The van der Waals surface area contributed by atoms with Crippen molar-refractivity contribution in [2.75, 3.05) is 7.11 Å². The number of piperidine rings is 1. The molecule has 2 fully saturated rings. The van der Waals surface area contributed by atoms with Gasteiger partial charge in [0, 0.05) is 36.1 Å². The van der Waals surface area contributed by atoms with Gasteiger partial charge >= 0.3 is 0 Å². The summed E-state index contributed by atoms with van der Waals surface area (Å²) in [7, 11) is 1.61. The van der Waals surface area contributed by atoms with Crippen LogP contribution in [0.25, 0.3) is 11.1 Å². The Kier molecular flexibility index (Phi) is 5.48. The van der Waals surface area contributed by atoms with Gasteiger partial charge in [0.15, 0.2) is 0 Å². The van der Waals surface area contributed by atoms with E-state index >= 15 is 0 Å². The number of amides is 2. The van der Waals surface area contributed by atoms with Crippen LogP contribution >= 0.6 is 0 Å². The summed E-state index contributed by atoms with van der Waals surface area (Å²) in [5, 5.41) is 0. The molecule has 2 aliphatic heterocycles. The molecule has 0 aromatic heterocycles. The SMILES string of the molecule is C=CC(=O)N1[C@@H]2CC[C@H]1CC(Oc1cc(C(N)=O)cc(-c3ccccc3OC)c1)C2. The molecular formula is C24H26N2O4. The number of nitrogens with two attached hydrogens (primary N) is 1. The average molecular weight is 406 g/mol. The van der Waals surface area contributed by atoms with E-state index in [4.69, 9.17) is 15.2 Å². The van der Waals surface area contributed by atoms with Gasteiger partial charge in [-0.05, 0) is 48.7 Å². The van der Waals surface area contributed by atoms with Crippen molar-refractivity contribution in [3.05, 3.63) is 60.7 Å². The van der Waals surface area contributed by atoms with Gasteiger partial charge in [-0.2, -0.15) is 0 Å². The van der Waals surface area contributed by atoms with E-state index in [-0.39, 0.29) is 24.1 Å². The Bertz CT molecular complexity index is 973. The van der Waals surface area contributed by atoms with Gasteiger partial charge in [-0.1, -0.05) is 24.8 Å². The molecule has 2 heterocycles. The van der Waals surface area contributed by atoms with E-state index in [1.807, 2.05) is 35.2 Å². The zero-order valence-electron chi connectivity index (χ0n) is 17.0. The van der Waals surface area contributed by atoms with Gasteiger partial charge in [-0.25, -0.2) is 0 Å². The number of rotatable bonds is 6. The van der Waals surface area contributed by atoms with Crippen LogP contribution in [0, 0.1) is 0 Å². The maximum Gasteiger partial charge on any atom is 0.248 e. The molecule has 2 N–H and O–H groups in total. The van der Waals surface area contributed by atoms with Crippen molar-refractivity contribution >= 4 is 11.8 Å². The first-order valence-corrected chi connectivity index (χ1v) is 10.2. The highest BCUT2D eigenvalue weighted by Gasteiger charge is 2.43. The monoisotopic (exact) mass is 406 g/mol. The fourth-order valence-corrected chi connectivity index (χ4v) is 4.73. The van der Waals surface area contributed by atoms with E-state index in [9.17, 15) is 9.59 Å². The molecule has 0 aliphatic carbocycles. The second-order valence-electron chi connectivity index (χ2n) is 7.86. The van der Waals surface area contributed by atoms with Crippen molar-refractivity contribution in [3.63, 3.8) is 0 Å². The number of hydrogen-bond acceptors (Lipinski definition) is 4. The Balaban J connectivity index is 1.61. The van der Waals surface area contributed by atoms with Crippen molar-refractivity contribution in [1.29, 1.82) is 0 Å². The molecule has 30 heavy (non-hydrogen) atoms. The molecule has 2 aromatic rings. The summed E-state index contributed by atoms with van der Waals surface area (Å²) in [4.78, 5) is 26.1. The topological polar surface area (TPSA) is 81.9 Å². The lowest BCUT2D eigenvalue weighted by atomic mass is 9.98. The number of carbonyl (C=O) groups excluding carboxylic acids is 2. The van der Waals surface area contributed by atoms with E-state index in [2.05, 4.69) is 6.58 Å². The first-order valence-electron chi connectivity index (χ1n) is 10.2. The third kappa shape index (κ3) is 3.77. The zero-order chi connectivity index (χ0) is 21.3. The van der Waals surface area contributed by atoms with Crippen LogP contribution in [0.2, 0.25) is 0 Å². The molecule has 2 bridgehead atoms. The Hall–Kier alpha value is -3.28. The van der Waals surface area contributed by atoms with Gasteiger partial charge in [0.2, 0.25) is 11.8 Å². The predicted molar refractivity (Wildman–Crippen MR) is 114 cm³/mol. The first kappa shape index (κ1) is 20.0. The highest BCUT2D eigenvalue weighted by atomic mass is 16.5. The van der Waals surface area contributed by atoms with Crippen LogP contribution in [-0.4, -0.2) is 42.0 Å². The number of benzene rings is 2. The standard InChI is InChI=1S/C24H26N2O4/c1-3-23(27)26-17-8-9-18(26)14-20(13-17)30-19-11-15(10-16(12-19)24(25)28)21-6-4-5-7-22(21)29-2/h3-7,10-12,17-18,20H,1,8-9,13-14H2,2H3,(H2,25,28)/t17-,18+,20?. The van der Waals surface area contributed by atoms with Gasteiger partial charge in [0.1, 0.15) is 17.6 Å². The zero-order valence-corrected chi connectivity index (χ0v) is 17.0. The van der Waals surface area contributed by atoms with Gasteiger partial charge in [0.05, 0.1) is 7.11 Å². The molecule has 1 unspecified atom stereocenters. The molecule has 0 radical (unpaired) electrons. The molecule has 156 valence electrons. The Morgan fingerprint density at radius 1 is 1.13 bits per heavy atom. The number of primary amides is 1. The normalized spacial score (nSPS) is 22.4. The van der Waals surface area contributed by atoms with E-state index in [0.29, 0.717) is 17.1 Å². The van der Waals surface area contributed by atoms with Gasteiger partial charge < -0.3 is 20.1 Å². The largest absolute Gasteiger partial charge is 0.496 e. The predicted octanol–water partition coefficient (Wildman–Crippen LogP) is 3.55. The number of carbonyl (C=O) groups is 2. The lowest BCUT2D eigenvalue weighted by molar-refractivity contribution is -0.131. The maximum absolute atomic E-state index is 12.2. The summed E-state index contributed by atoms with van der Waals surface area (Å²) < 4.78 is 11.8. The quantitative estimate of drug-likeness (QED) is 0.744. The van der Waals surface area contributed by atoms with Crippen LogP contribution in [0.15, 0.2) is 55.1 Å². The third-order valence-corrected chi connectivity index (χ3v) is 6.03. The highest BCUT2D eigenvalue weighted by Crippen LogP contribution is 2.39. The van der Waals surface area contributed by atoms with Crippen molar-refractivity contribution < 1.29 is 19.1 Å². The van der Waals surface area contributed by atoms with E-state index in [1.54, 1.807) is 19.2 Å². The molecule has 4 rings (SSSR count). The lowest BCUT2D eigenvalue weighted by Crippen LogP contribution is -2.48. The molecule has 6 nitrogen and oxygen atoms in total. The van der Waals surface area contributed by atoms with Crippen molar-refractivity contribution in [3.8, 4) is 22.6 Å². The molecule has 0 saturated carbocycles. The molecule has 0 spiro atoms. The van der Waals surface area contributed by atoms with Crippen molar-refractivity contribution in [2.45, 2.75) is 43.9 Å². The van der Waals surface area contributed by atoms with E-state index in [0.717, 1.165) is 36.8 Å². The van der Waals surface area contributed by atoms with Gasteiger partial charge in [-0.15, -0.1) is 0 Å². The second-order valence-corrected chi connectivity index (χ2v) is 7.86. The number of fused-ring (bicyclic) bond motifs is 2. The molecule has 6 heteroatoms. The third-order valence-electron chi connectivity index (χ3n) is 6.03. The molecular weight excluding hydrogens is 380 g/mol. The summed E-state index contributed by atoms with van der Waals surface area (Å²) >= 11 is 0. The fraction of sp³-hybridized carbons (Fsp3) is 0.333. The number of hydrogen-bond donors (Lipinski definition) is 1. The Morgan fingerprint density at radius 2 is 1.83 bits per heavy atom. The van der Waals surface area contributed by atoms with Crippen LogP contribution in [-0.2, 0) is 4.79 Å². The van der Waals surface area contributed by atoms with Gasteiger partial charge in [-0.3, -0.25) is 9.59 Å². The number of para-hydroxylation sites is 1. The molecule has 2 aromatic carbocycles. The minimum atomic E-state index is -0.511. The second kappa shape index (κ2) is 8.22. The molecule has 3 atom stereocenters. The van der Waals surface area contributed by atoms with Crippen LogP contribution in [0.4, 0.5) is 0 Å². The Labute approximate surface area is 176 Å². The van der Waals surface area contributed by atoms with E-state index in [1.165, 1.54) is 6.08 Å². The van der Waals surface area contributed by atoms with Crippen molar-refractivity contribution in [1.82, 2.24) is 4.90 Å². The van der Waals surface area contributed by atoms with Crippen LogP contribution in [0.1, 0.15) is 36.0 Å². The first-order chi connectivity index (χ1) is 14.5. The minimum absolute atomic E-state index is 0.00450. The Morgan fingerprint density at radius 3 is 2.47 bits per heavy atom. The highest BCUT2D eigenvalue weighted by molar-refractivity contribution is 5.95. The number of nitrogens with zero attached hydrogens (tertiary/aromatic N) is 1. The number of methoxy groups -OCH3 is 1. The van der Waals surface area contributed by atoms with Crippen LogP contribution in [0.5, 0.6) is 11.5 Å². The van der Waals surface area contributed by atoms with Gasteiger partial charge in [0.25, 0.3) is 0 Å². The average Bonchev–Trinajstić information content (AvgIpc) is 3.03. The minimum Gasteiger partial charge on any atom is -0.496 e. The molecule has 2 amide bonds.